The average Bonchev–Trinajstić information content (AvgIpc) is 2.67. The van der Waals surface area contributed by atoms with E-state index in [2.05, 4.69) is 10.3 Å². The van der Waals surface area contributed by atoms with Crippen molar-refractivity contribution in [3.8, 4) is 11.5 Å². The van der Waals surface area contributed by atoms with Crippen LogP contribution in [0.2, 0.25) is 0 Å². The number of hydrogen-bond acceptors (Lipinski definition) is 6. The van der Waals surface area contributed by atoms with Crippen molar-refractivity contribution in [3.63, 3.8) is 0 Å². The molecule has 26 heavy (non-hydrogen) atoms. The molecule has 2 aliphatic rings. The first-order chi connectivity index (χ1) is 12.6. The Morgan fingerprint density at radius 2 is 1.96 bits per heavy atom. The fourth-order valence-corrected chi connectivity index (χ4v) is 3.04. The Labute approximate surface area is 148 Å². The molecule has 1 aliphatic carbocycles. The third kappa shape index (κ3) is 2.38. The Hall–Kier alpha value is -3.41. The second-order valence-corrected chi connectivity index (χ2v) is 5.79. The molecule has 1 heterocycles. The lowest BCUT2D eigenvalue weighted by atomic mass is 9.99. The van der Waals surface area contributed by atoms with E-state index in [-0.39, 0.29) is 17.9 Å². The highest BCUT2D eigenvalue weighted by Crippen LogP contribution is 2.33. The number of aromatic nitrogens is 1. The molecular formula is C20H16N2O4. The molecule has 0 amide bonds. The van der Waals surface area contributed by atoms with Crippen molar-refractivity contribution < 1.29 is 13.9 Å². The first-order valence-corrected chi connectivity index (χ1v) is 8.28. The number of nitrogens with zero attached hydrogens (tertiary/aromatic N) is 1. The highest BCUT2D eigenvalue weighted by molar-refractivity contribution is 6.06. The first kappa shape index (κ1) is 16.1. The summed E-state index contributed by atoms with van der Waals surface area (Å²) >= 11 is 0. The van der Waals surface area contributed by atoms with Gasteiger partial charge in [-0.05, 0) is 19.1 Å². The molecule has 0 fully saturated rings. The minimum Gasteiger partial charge on any atom is -0.462 e. The van der Waals surface area contributed by atoms with Gasteiger partial charge in [-0.15, -0.1) is 0 Å². The Balaban J connectivity index is 2.18. The Morgan fingerprint density at radius 3 is 2.69 bits per heavy atom. The monoisotopic (exact) mass is 348 g/mol. The fraction of sp³-hybridized carbons (Fsp3) is 0.150. The number of carbonyl (C=O) groups excluding carboxylic acids is 1. The van der Waals surface area contributed by atoms with Gasteiger partial charge >= 0.3 is 5.97 Å². The van der Waals surface area contributed by atoms with Crippen LogP contribution in [0.5, 0.6) is 0 Å². The molecule has 0 aromatic heterocycles. The molecule has 0 unspecified atom stereocenters. The number of anilines is 1. The second-order valence-electron chi connectivity index (χ2n) is 5.79. The lowest BCUT2D eigenvalue weighted by molar-refractivity contribution is 0.0524. The summed E-state index contributed by atoms with van der Waals surface area (Å²) in [6.45, 7) is 1.85. The van der Waals surface area contributed by atoms with Crippen LogP contribution in [0.25, 0.3) is 33.3 Å². The van der Waals surface area contributed by atoms with Crippen molar-refractivity contribution in [2.24, 2.45) is 0 Å². The van der Waals surface area contributed by atoms with E-state index in [9.17, 15) is 9.59 Å². The second kappa shape index (κ2) is 6.15. The summed E-state index contributed by atoms with van der Waals surface area (Å²) in [5, 5.41) is 4.08. The third-order valence-electron chi connectivity index (χ3n) is 4.27. The first-order valence-electron chi connectivity index (χ1n) is 8.28. The SMILES string of the molecule is CCOC(=O)c1c2oc3cc(NC)ccc3nc-2c2ccccc2c1=O. The van der Waals surface area contributed by atoms with Crippen molar-refractivity contribution >= 4 is 33.5 Å². The van der Waals surface area contributed by atoms with Crippen LogP contribution in [0.15, 0.2) is 51.7 Å². The number of benzene rings is 3. The molecule has 6 heteroatoms. The van der Waals surface area contributed by atoms with E-state index in [1.807, 2.05) is 18.2 Å². The molecule has 0 bridgehead atoms. The van der Waals surface area contributed by atoms with Crippen molar-refractivity contribution in [1.82, 2.24) is 4.98 Å². The van der Waals surface area contributed by atoms with E-state index in [0.29, 0.717) is 27.6 Å². The summed E-state index contributed by atoms with van der Waals surface area (Å²) in [5.74, 6) is -0.559. The van der Waals surface area contributed by atoms with E-state index >= 15 is 0 Å². The lowest BCUT2D eigenvalue weighted by Crippen LogP contribution is -2.20. The molecule has 4 rings (SSSR count). The Kier molecular flexibility index (Phi) is 3.80. The average molecular weight is 348 g/mol. The standard InChI is InChI=1S/C20H16N2O4/c1-3-25-20(24)16-18(23)13-7-5-4-6-12(13)17-19(16)26-15-10-11(21-2)8-9-14(15)22-17/h4-10,21H,3H2,1-2H3. The van der Waals surface area contributed by atoms with Crippen LogP contribution >= 0.6 is 0 Å². The summed E-state index contributed by atoms with van der Waals surface area (Å²) in [6.07, 6.45) is 0. The zero-order valence-corrected chi connectivity index (χ0v) is 14.3. The number of ether oxygens (including phenoxy) is 1. The summed E-state index contributed by atoms with van der Waals surface area (Å²) in [7, 11) is 1.79. The molecule has 6 nitrogen and oxygen atoms in total. The molecule has 0 radical (unpaired) electrons. The number of rotatable bonds is 3. The van der Waals surface area contributed by atoms with Gasteiger partial charge in [0.05, 0.1) is 6.61 Å². The summed E-state index contributed by atoms with van der Waals surface area (Å²) in [4.78, 5) is 30.0. The van der Waals surface area contributed by atoms with Gasteiger partial charge in [0.25, 0.3) is 0 Å². The van der Waals surface area contributed by atoms with Crippen molar-refractivity contribution in [2.45, 2.75) is 6.92 Å². The lowest BCUT2D eigenvalue weighted by Gasteiger charge is -2.13. The van der Waals surface area contributed by atoms with Crippen LogP contribution in [0.3, 0.4) is 0 Å². The van der Waals surface area contributed by atoms with Gasteiger partial charge in [0.15, 0.2) is 16.9 Å². The van der Waals surface area contributed by atoms with Crippen LogP contribution < -0.4 is 10.7 Å². The topological polar surface area (TPSA) is 81.4 Å². The van der Waals surface area contributed by atoms with Crippen LogP contribution in [-0.4, -0.2) is 24.6 Å². The van der Waals surface area contributed by atoms with Gasteiger partial charge < -0.3 is 14.5 Å². The number of fused-ring (bicyclic) bond motifs is 4. The maximum atomic E-state index is 12.9. The Bertz CT molecular complexity index is 1180. The molecule has 0 saturated heterocycles. The van der Waals surface area contributed by atoms with Gasteiger partial charge in [-0.25, -0.2) is 9.78 Å². The summed E-state index contributed by atoms with van der Waals surface area (Å²) in [5.41, 5.74) is 1.88. The fourth-order valence-electron chi connectivity index (χ4n) is 3.04. The van der Waals surface area contributed by atoms with E-state index in [1.54, 1.807) is 38.2 Å². The number of hydrogen-bond donors (Lipinski definition) is 1. The maximum Gasteiger partial charge on any atom is 0.346 e. The van der Waals surface area contributed by atoms with Gasteiger partial charge in [-0.3, -0.25) is 4.79 Å². The highest BCUT2D eigenvalue weighted by atomic mass is 16.5. The smallest absolute Gasteiger partial charge is 0.346 e. The third-order valence-corrected chi connectivity index (χ3v) is 4.27. The van der Waals surface area contributed by atoms with E-state index < -0.39 is 11.4 Å². The van der Waals surface area contributed by atoms with Crippen LogP contribution in [0, 0.1) is 0 Å². The predicted octanol–water partition coefficient (Wildman–Crippen LogP) is 3.66. The summed E-state index contributed by atoms with van der Waals surface area (Å²) in [6, 6.07) is 12.5. The predicted molar refractivity (Wildman–Crippen MR) is 99.9 cm³/mol. The molecule has 130 valence electrons. The number of esters is 1. The Morgan fingerprint density at radius 1 is 1.19 bits per heavy atom. The molecular weight excluding hydrogens is 332 g/mol. The van der Waals surface area contributed by atoms with Crippen molar-refractivity contribution in [3.05, 3.63) is 58.3 Å². The maximum absolute atomic E-state index is 12.9. The van der Waals surface area contributed by atoms with E-state index in [4.69, 9.17) is 9.15 Å². The van der Waals surface area contributed by atoms with Gasteiger partial charge in [0.1, 0.15) is 11.2 Å². The van der Waals surface area contributed by atoms with Gasteiger partial charge in [0, 0.05) is 29.6 Å². The molecule has 0 atom stereocenters. The quantitative estimate of drug-likeness (QED) is 0.346. The molecule has 0 spiro atoms. The van der Waals surface area contributed by atoms with Gasteiger partial charge in [0.2, 0.25) is 5.43 Å². The van der Waals surface area contributed by atoms with E-state index in [1.165, 1.54) is 0 Å². The van der Waals surface area contributed by atoms with Gasteiger partial charge in [-0.2, -0.15) is 0 Å². The largest absolute Gasteiger partial charge is 0.462 e. The minimum atomic E-state index is -0.706. The molecule has 1 aliphatic heterocycles. The molecule has 2 aromatic rings. The van der Waals surface area contributed by atoms with Gasteiger partial charge in [-0.1, -0.05) is 24.3 Å². The van der Waals surface area contributed by atoms with Crippen LogP contribution in [0.1, 0.15) is 17.3 Å². The zero-order chi connectivity index (χ0) is 18.3. The summed E-state index contributed by atoms with van der Waals surface area (Å²) < 4.78 is 11.1. The van der Waals surface area contributed by atoms with Crippen LogP contribution in [0.4, 0.5) is 5.69 Å². The molecule has 2 aromatic carbocycles. The molecule has 1 N–H and O–H groups in total. The molecule has 0 saturated carbocycles. The minimum absolute atomic E-state index is 0.121. The van der Waals surface area contributed by atoms with Crippen LogP contribution in [-0.2, 0) is 4.74 Å². The van der Waals surface area contributed by atoms with Crippen molar-refractivity contribution in [2.75, 3.05) is 19.0 Å². The zero-order valence-electron chi connectivity index (χ0n) is 14.3. The highest BCUT2D eigenvalue weighted by Gasteiger charge is 2.27. The van der Waals surface area contributed by atoms with Crippen molar-refractivity contribution in [1.29, 1.82) is 0 Å². The number of nitrogens with one attached hydrogen (secondary N) is 1. The van der Waals surface area contributed by atoms with E-state index in [0.717, 1.165) is 5.69 Å². The number of carbonyl (C=O) groups is 1. The normalized spacial score (nSPS) is 11.2.